The topological polar surface area (TPSA) is 38.0 Å². The zero-order chi connectivity index (χ0) is 15.2. The zero-order valence-electron chi connectivity index (χ0n) is 12.1. The Morgan fingerprint density at radius 1 is 1.10 bits per heavy atom. The molecule has 112 valence electrons. The summed E-state index contributed by atoms with van der Waals surface area (Å²) in [6.45, 7) is 2.07. The Hall–Kier alpha value is -1.78. The fourth-order valence-electron chi connectivity index (χ4n) is 2.42. The SMILES string of the molecule is Cc1ccccc1CCC(Cc1ccc(F)cc1F)NN. The molecule has 2 rings (SSSR count). The van der Waals surface area contributed by atoms with Gasteiger partial charge in [-0.25, -0.2) is 8.78 Å². The van der Waals surface area contributed by atoms with Crippen molar-refractivity contribution in [3.8, 4) is 0 Å². The van der Waals surface area contributed by atoms with Crippen LogP contribution in [0.5, 0.6) is 0 Å². The van der Waals surface area contributed by atoms with Crippen LogP contribution in [-0.4, -0.2) is 6.04 Å². The summed E-state index contributed by atoms with van der Waals surface area (Å²) >= 11 is 0. The molecule has 0 aliphatic carbocycles. The first-order chi connectivity index (χ1) is 10.1. The fourth-order valence-corrected chi connectivity index (χ4v) is 2.42. The van der Waals surface area contributed by atoms with Gasteiger partial charge in [0.05, 0.1) is 0 Å². The summed E-state index contributed by atoms with van der Waals surface area (Å²) in [4.78, 5) is 0. The molecular formula is C17H20F2N2. The van der Waals surface area contributed by atoms with Crippen LogP contribution in [0.2, 0.25) is 0 Å². The molecule has 2 nitrogen and oxygen atoms in total. The second kappa shape index (κ2) is 7.29. The van der Waals surface area contributed by atoms with Gasteiger partial charge in [-0.3, -0.25) is 11.3 Å². The van der Waals surface area contributed by atoms with Gasteiger partial charge in [0, 0.05) is 12.1 Å². The predicted octanol–water partition coefficient (Wildman–Crippen LogP) is 3.28. The van der Waals surface area contributed by atoms with E-state index >= 15 is 0 Å². The smallest absolute Gasteiger partial charge is 0.129 e. The van der Waals surface area contributed by atoms with Crippen LogP contribution in [0.4, 0.5) is 8.78 Å². The van der Waals surface area contributed by atoms with Crippen molar-refractivity contribution < 1.29 is 8.78 Å². The van der Waals surface area contributed by atoms with Gasteiger partial charge in [0.1, 0.15) is 11.6 Å². The van der Waals surface area contributed by atoms with Crippen LogP contribution in [0, 0.1) is 18.6 Å². The van der Waals surface area contributed by atoms with E-state index in [0.717, 1.165) is 18.9 Å². The molecule has 3 N–H and O–H groups in total. The molecule has 4 heteroatoms. The van der Waals surface area contributed by atoms with Crippen LogP contribution in [0.1, 0.15) is 23.1 Å². The third kappa shape index (κ3) is 4.34. The summed E-state index contributed by atoms with van der Waals surface area (Å²) in [6, 6.07) is 11.8. The number of hydrogen-bond acceptors (Lipinski definition) is 2. The Labute approximate surface area is 124 Å². The van der Waals surface area contributed by atoms with Crippen molar-refractivity contribution >= 4 is 0 Å². The molecule has 0 spiro atoms. The highest BCUT2D eigenvalue weighted by atomic mass is 19.1. The number of aryl methyl sites for hydroxylation is 2. The summed E-state index contributed by atoms with van der Waals surface area (Å²) in [7, 11) is 0. The minimum absolute atomic E-state index is 0.0513. The summed E-state index contributed by atoms with van der Waals surface area (Å²) in [5, 5.41) is 0. The van der Waals surface area contributed by atoms with E-state index in [0.29, 0.717) is 12.0 Å². The van der Waals surface area contributed by atoms with Crippen LogP contribution in [-0.2, 0) is 12.8 Å². The van der Waals surface area contributed by atoms with Gasteiger partial charge in [0.25, 0.3) is 0 Å². The third-order valence-electron chi connectivity index (χ3n) is 3.74. The lowest BCUT2D eigenvalue weighted by Gasteiger charge is -2.17. The van der Waals surface area contributed by atoms with Crippen molar-refractivity contribution in [2.24, 2.45) is 5.84 Å². The van der Waals surface area contributed by atoms with Gasteiger partial charge >= 0.3 is 0 Å². The minimum Gasteiger partial charge on any atom is -0.271 e. The van der Waals surface area contributed by atoms with E-state index in [1.807, 2.05) is 12.1 Å². The van der Waals surface area contributed by atoms with Crippen molar-refractivity contribution in [2.75, 3.05) is 0 Å². The number of nitrogens with one attached hydrogen (secondary N) is 1. The molecule has 0 saturated carbocycles. The number of halogens is 2. The number of benzene rings is 2. The Kier molecular flexibility index (Phi) is 5.42. The molecule has 21 heavy (non-hydrogen) atoms. The molecule has 0 bridgehead atoms. The molecule has 2 aromatic rings. The Morgan fingerprint density at radius 3 is 2.52 bits per heavy atom. The largest absolute Gasteiger partial charge is 0.271 e. The predicted molar refractivity (Wildman–Crippen MR) is 80.7 cm³/mol. The molecule has 0 aliphatic heterocycles. The molecule has 0 heterocycles. The number of rotatable bonds is 6. The van der Waals surface area contributed by atoms with Gasteiger partial charge in [0.2, 0.25) is 0 Å². The highest BCUT2D eigenvalue weighted by molar-refractivity contribution is 5.26. The number of hydrazine groups is 1. The second-order valence-corrected chi connectivity index (χ2v) is 5.27. The normalized spacial score (nSPS) is 12.4. The average molecular weight is 290 g/mol. The van der Waals surface area contributed by atoms with Gasteiger partial charge in [-0.05, 0) is 48.9 Å². The molecule has 1 unspecified atom stereocenters. The molecular weight excluding hydrogens is 270 g/mol. The van der Waals surface area contributed by atoms with Gasteiger partial charge in [0.15, 0.2) is 0 Å². The first-order valence-corrected chi connectivity index (χ1v) is 7.04. The first kappa shape index (κ1) is 15.6. The molecule has 0 saturated heterocycles. The lowest BCUT2D eigenvalue weighted by molar-refractivity contribution is 0.477. The fraction of sp³-hybridized carbons (Fsp3) is 0.294. The van der Waals surface area contributed by atoms with Crippen LogP contribution < -0.4 is 11.3 Å². The standard InChI is InChI=1S/C17H20F2N2/c1-12-4-2-3-5-13(12)7-9-16(21-20)10-14-6-8-15(18)11-17(14)19/h2-6,8,11,16,21H,7,9-10,20H2,1H3. The molecule has 0 aromatic heterocycles. The summed E-state index contributed by atoms with van der Waals surface area (Å²) < 4.78 is 26.6. The maximum Gasteiger partial charge on any atom is 0.129 e. The van der Waals surface area contributed by atoms with Crippen LogP contribution in [0.15, 0.2) is 42.5 Å². The molecule has 0 fully saturated rings. The van der Waals surface area contributed by atoms with E-state index in [1.165, 1.54) is 23.3 Å². The highest BCUT2D eigenvalue weighted by Gasteiger charge is 2.12. The van der Waals surface area contributed by atoms with Crippen molar-refractivity contribution in [1.82, 2.24) is 5.43 Å². The van der Waals surface area contributed by atoms with Crippen molar-refractivity contribution in [3.05, 3.63) is 70.8 Å². The average Bonchev–Trinajstić information content (AvgIpc) is 2.47. The van der Waals surface area contributed by atoms with Gasteiger partial charge in [-0.2, -0.15) is 0 Å². The Morgan fingerprint density at radius 2 is 1.86 bits per heavy atom. The second-order valence-electron chi connectivity index (χ2n) is 5.27. The zero-order valence-corrected chi connectivity index (χ0v) is 12.1. The van der Waals surface area contributed by atoms with Crippen molar-refractivity contribution in [2.45, 2.75) is 32.2 Å². The molecule has 1 atom stereocenters. The van der Waals surface area contributed by atoms with Gasteiger partial charge in [-0.1, -0.05) is 30.3 Å². The van der Waals surface area contributed by atoms with Gasteiger partial charge in [-0.15, -0.1) is 0 Å². The quantitative estimate of drug-likeness (QED) is 0.633. The van der Waals surface area contributed by atoms with E-state index < -0.39 is 11.6 Å². The van der Waals surface area contributed by atoms with Crippen LogP contribution in [0.3, 0.4) is 0 Å². The Bertz CT molecular complexity index is 599. The first-order valence-electron chi connectivity index (χ1n) is 7.04. The van der Waals surface area contributed by atoms with E-state index in [9.17, 15) is 8.78 Å². The van der Waals surface area contributed by atoms with Crippen LogP contribution >= 0.6 is 0 Å². The third-order valence-corrected chi connectivity index (χ3v) is 3.74. The highest BCUT2D eigenvalue weighted by Crippen LogP contribution is 2.15. The molecule has 0 radical (unpaired) electrons. The Balaban J connectivity index is 1.99. The molecule has 0 aliphatic rings. The summed E-state index contributed by atoms with van der Waals surface area (Å²) in [5.74, 6) is 4.47. The number of hydrogen-bond donors (Lipinski definition) is 2. The van der Waals surface area contributed by atoms with E-state index in [2.05, 4.69) is 24.5 Å². The van der Waals surface area contributed by atoms with Crippen molar-refractivity contribution in [3.63, 3.8) is 0 Å². The lowest BCUT2D eigenvalue weighted by Crippen LogP contribution is -2.37. The minimum atomic E-state index is -0.562. The molecule has 2 aromatic carbocycles. The van der Waals surface area contributed by atoms with Gasteiger partial charge < -0.3 is 0 Å². The van der Waals surface area contributed by atoms with Crippen LogP contribution in [0.25, 0.3) is 0 Å². The monoisotopic (exact) mass is 290 g/mol. The maximum atomic E-state index is 13.7. The van der Waals surface area contributed by atoms with E-state index in [1.54, 1.807) is 0 Å². The molecule has 0 amide bonds. The maximum absolute atomic E-state index is 13.7. The summed E-state index contributed by atoms with van der Waals surface area (Å²) in [5.41, 5.74) is 5.70. The number of nitrogens with two attached hydrogens (primary N) is 1. The van der Waals surface area contributed by atoms with Crippen molar-refractivity contribution in [1.29, 1.82) is 0 Å². The van der Waals surface area contributed by atoms with E-state index in [4.69, 9.17) is 5.84 Å². The van der Waals surface area contributed by atoms with E-state index in [-0.39, 0.29) is 6.04 Å². The lowest BCUT2D eigenvalue weighted by atomic mass is 9.97. The summed E-state index contributed by atoms with van der Waals surface area (Å²) in [6.07, 6.45) is 2.09.